The third kappa shape index (κ3) is 4.85. The number of amides is 1. The standard InChI is InChI=1S/C20H27N5O/c1-15(23-19(26)14-25-11-5-3-4-6-12-25)18-13-22-20(24-16(18)2)17-7-9-21-10-8-17/h7-10,13,15H,3-6,11-12,14H2,1-2H3,(H,23,26). The molecule has 1 saturated heterocycles. The summed E-state index contributed by atoms with van der Waals surface area (Å²) in [4.78, 5) is 27.7. The van der Waals surface area contributed by atoms with Crippen LogP contribution in [0.2, 0.25) is 0 Å². The van der Waals surface area contributed by atoms with Crippen LogP contribution < -0.4 is 5.32 Å². The van der Waals surface area contributed by atoms with Crippen LogP contribution in [0.25, 0.3) is 11.4 Å². The first-order valence-corrected chi connectivity index (χ1v) is 9.39. The van der Waals surface area contributed by atoms with Gasteiger partial charge in [-0.05, 0) is 51.9 Å². The number of aryl methyl sites for hydroxylation is 1. The molecule has 1 fully saturated rings. The lowest BCUT2D eigenvalue weighted by molar-refractivity contribution is -0.122. The number of nitrogens with zero attached hydrogens (tertiary/aromatic N) is 4. The Labute approximate surface area is 155 Å². The van der Waals surface area contributed by atoms with Gasteiger partial charge < -0.3 is 5.32 Å². The van der Waals surface area contributed by atoms with Crippen LogP contribution in [0.4, 0.5) is 0 Å². The smallest absolute Gasteiger partial charge is 0.234 e. The predicted octanol–water partition coefficient (Wildman–Crippen LogP) is 2.90. The van der Waals surface area contributed by atoms with E-state index >= 15 is 0 Å². The fraction of sp³-hybridized carbons (Fsp3) is 0.500. The summed E-state index contributed by atoms with van der Waals surface area (Å²) in [5.74, 6) is 0.744. The summed E-state index contributed by atoms with van der Waals surface area (Å²) >= 11 is 0. The van der Waals surface area contributed by atoms with Crippen molar-refractivity contribution in [2.75, 3.05) is 19.6 Å². The molecule has 0 aromatic carbocycles. The maximum atomic E-state index is 12.4. The van der Waals surface area contributed by atoms with Gasteiger partial charge in [0.2, 0.25) is 5.91 Å². The lowest BCUT2D eigenvalue weighted by Crippen LogP contribution is -2.38. The number of hydrogen-bond donors (Lipinski definition) is 1. The van der Waals surface area contributed by atoms with Gasteiger partial charge in [0.25, 0.3) is 0 Å². The zero-order chi connectivity index (χ0) is 18.4. The van der Waals surface area contributed by atoms with Crippen LogP contribution in [0.15, 0.2) is 30.7 Å². The van der Waals surface area contributed by atoms with E-state index < -0.39 is 0 Å². The van der Waals surface area contributed by atoms with Gasteiger partial charge in [-0.1, -0.05) is 12.8 Å². The summed E-state index contributed by atoms with van der Waals surface area (Å²) in [6.07, 6.45) is 10.2. The molecular weight excluding hydrogens is 326 g/mol. The highest BCUT2D eigenvalue weighted by atomic mass is 16.2. The third-order valence-corrected chi connectivity index (χ3v) is 4.87. The Balaban J connectivity index is 1.62. The number of pyridine rings is 1. The fourth-order valence-corrected chi connectivity index (χ4v) is 3.40. The second-order valence-corrected chi connectivity index (χ2v) is 6.95. The molecule has 138 valence electrons. The SMILES string of the molecule is Cc1nc(-c2ccncc2)ncc1C(C)NC(=O)CN1CCCCCC1. The maximum absolute atomic E-state index is 12.4. The number of carbonyl (C=O) groups excluding carboxylic acids is 1. The first kappa shape index (κ1) is 18.5. The molecule has 0 radical (unpaired) electrons. The van der Waals surface area contributed by atoms with E-state index in [-0.39, 0.29) is 11.9 Å². The molecule has 2 aromatic rings. The maximum Gasteiger partial charge on any atom is 0.234 e. The van der Waals surface area contributed by atoms with Crippen molar-refractivity contribution in [1.82, 2.24) is 25.2 Å². The molecule has 1 amide bonds. The number of aromatic nitrogens is 3. The molecule has 0 saturated carbocycles. The van der Waals surface area contributed by atoms with Crippen molar-refractivity contribution in [3.8, 4) is 11.4 Å². The molecule has 6 heteroatoms. The molecule has 0 aliphatic carbocycles. The highest BCUT2D eigenvalue weighted by Crippen LogP contribution is 2.19. The summed E-state index contributed by atoms with van der Waals surface area (Å²) < 4.78 is 0. The van der Waals surface area contributed by atoms with Crippen LogP contribution in [0.1, 0.15) is 49.9 Å². The Morgan fingerprint density at radius 1 is 1.19 bits per heavy atom. The average molecular weight is 353 g/mol. The number of rotatable bonds is 5. The highest BCUT2D eigenvalue weighted by Gasteiger charge is 2.17. The molecule has 1 aliphatic heterocycles. The molecule has 1 atom stereocenters. The van der Waals surface area contributed by atoms with Gasteiger partial charge in [0.15, 0.2) is 5.82 Å². The van der Waals surface area contributed by atoms with E-state index in [4.69, 9.17) is 0 Å². The zero-order valence-corrected chi connectivity index (χ0v) is 15.6. The van der Waals surface area contributed by atoms with Gasteiger partial charge >= 0.3 is 0 Å². The third-order valence-electron chi connectivity index (χ3n) is 4.87. The minimum atomic E-state index is -0.110. The monoisotopic (exact) mass is 353 g/mol. The van der Waals surface area contributed by atoms with Gasteiger partial charge in [0.05, 0.1) is 12.6 Å². The molecule has 26 heavy (non-hydrogen) atoms. The Morgan fingerprint density at radius 3 is 2.54 bits per heavy atom. The molecule has 6 nitrogen and oxygen atoms in total. The van der Waals surface area contributed by atoms with E-state index in [0.29, 0.717) is 12.4 Å². The Morgan fingerprint density at radius 2 is 1.88 bits per heavy atom. The van der Waals surface area contributed by atoms with Gasteiger partial charge in [-0.3, -0.25) is 14.7 Å². The minimum Gasteiger partial charge on any atom is -0.348 e. The second-order valence-electron chi connectivity index (χ2n) is 6.95. The van der Waals surface area contributed by atoms with Crippen molar-refractivity contribution >= 4 is 5.91 Å². The lowest BCUT2D eigenvalue weighted by Gasteiger charge is -2.21. The number of likely N-dealkylation sites (tertiary alicyclic amines) is 1. The summed E-state index contributed by atoms with van der Waals surface area (Å²) in [5.41, 5.74) is 2.77. The van der Waals surface area contributed by atoms with Crippen LogP contribution in [0, 0.1) is 6.92 Å². The fourth-order valence-electron chi connectivity index (χ4n) is 3.40. The molecule has 0 spiro atoms. The molecule has 3 rings (SSSR count). The van der Waals surface area contributed by atoms with Gasteiger partial charge in [-0.2, -0.15) is 0 Å². The van der Waals surface area contributed by atoms with Crippen molar-refractivity contribution in [2.45, 2.75) is 45.6 Å². The number of nitrogens with one attached hydrogen (secondary N) is 1. The summed E-state index contributed by atoms with van der Waals surface area (Å²) in [7, 11) is 0. The van der Waals surface area contributed by atoms with Crippen molar-refractivity contribution < 1.29 is 4.79 Å². The minimum absolute atomic E-state index is 0.0667. The molecule has 2 aromatic heterocycles. The molecule has 0 bridgehead atoms. The van der Waals surface area contributed by atoms with Crippen molar-refractivity contribution in [2.24, 2.45) is 0 Å². The summed E-state index contributed by atoms with van der Waals surface area (Å²) in [5, 5.41) is 3.09. The number of hydrogen-bond acceptors (Lipinski definition) is 5. The Hall–Kier alpha value is -2.34. The predicted molar refractivity (Wildman–Crippen MR) is 101 cm³/mol. The topological polar surface area (TPSA) is 71.0 Å². The van der Waals surface area contributed by atoms with Gasteiger partial charge in [-0.15, -0.1) is 0 Å². The van der Waals surface area contributed by atoms with Gasteiger partial charge in [0, 0.05) is 35.4 Å². The van der Waals surface area contributed by atoms with Gasteiger partial charge in [-0.25, -0.2) is 9.97 Å². The molecule has 1 N–H and O–H groups in total. The van der Waals surface area contributed by atoms with E-state index in [9.17, 15) is 4.79 Å². The van der Waals surface area contributed by atoms with E-state index in [2.05, 4.69) is 25.2 Å². The molecule has 3 heterocycles. The van der Waals surface area contributed by atoms with Crippen LogP contribution in [0.3, 0.4) is 0 Å². The highest BCUT2D eigenvalue weighted by molar-refractivity contribution is 5.78. The Kier molecular flexibility index (Phi) is 6.28. The van der Waals surface area contributed by atoms with Crippen LogP contribution in [-0.4, -0.2) is 45.4 Å². The van der Waals surface area contributed by atoms with Crippen molar-refractivity contribution in [3.63, 3.8) is 0 Å². The normalized spacial score (nSPS) is 16.7. The first-order valence-electron chi connectivity index (χ1n) is 9.39. The van der Waals surface area contributed by atoms with Gasteiger partial charge in [0.1, 0.15) is 0 Å². The van der Waals surface area contributed by atoms with E-state index in [1.54, 1.807) is 12.4 Å². The largest absolute Gasteiger partial charge is 0.348 e. The zero-order valence-electron chi connectivity index (χ0n) is 15.6. The summed E-state index contributed by atoms with van der Waals surface area (Å²) in [6.45, 7) is 6.45. The first-order chi connectivity index (χ1) is 12.6. The summed E-state index contributed by atoms with van der Waals surface area (Å²) in [6, 6.07) is 3.67. The number of carbonyl (C=O) groups is 1. The van der Waals surface area contributed by atoms with E-state index in [1.165, 1.54) is 25.7 Å². The molecule has 1 unspecified atom stereocenters. The second kappa shape index (κ2) is 8.85. The van der Waals surface area contributed by atoms with E-state index in [1.807, 2.05) is 32.2 Å². The molecule has 1 aliphatic rings. The quantitative estimate of drug-likeness (QED) is 0.895. The molecular formula is C20H27N5O. The van der Waals surface area contributed by atoms with Crippen LogP contribution in [-0.2, 0) is 4.79 Å². The van der Waals surface area contributed by atoms with E-state index in [0.717, 1.165) is 29.9 Å². The van der Waals surface area contributed by atoms with Crippen molar-refractivity contribution in [1.29, 1.82) is 0 Å². The van der Waals surface area contributed by atoms with Crippen LogP contribution >= 0.6 is 0 Å². The average Bonchev–Trinajstić information content (AvgIpc) is 2.90. The lowest BCUT2D eigenvalue weighted by atomic mass is 10.1. The Bertz CT molecular complexity index is 726. The van der Waals surface area contributed by atoms with Crippen molar-refractivity contribution in [3.05, 3.63) is 42.0 Å². The van der Waals surface area contributed by atoms with Crippen LogP contribution in [0.5, 0.6) is 0 Å².